The number of β-amino-alcohol motifs (C(OH)–C–C–N with tert-alkyl or cyclic N) is 1. The van der Waals surface area contributed by atoms with Crippen LogP contribution < -0.4 is 30.5 Å². The van der Waals surface area contributed by atoms with Gasteiger partial charge in [-0.25, -0.2) is 4.98 Å². The van der Waals surface area contributed by atoms with Gasteiger partial charge in [-0.3, -0.25) is 19.3 Å². The van der Waals surface area contributed by atoms with Gasteiger partial charge in [0, 0.05) is 74.4 Å². The number of amides is 3. The lowest BCUT2D eigenvalue weighted by atomic mass is 9.85. The summed E-state index contributed by atoms with van der Waals surface area (Å²) >= 11 is 1.58. The third-order valence-corrected chi connectivity index (χ3v) is 16.3. The molecule has 7 atom stereocenters. The second-order valence-corrected chi connectivity index (χ2v) is 22.9. The third-order valence-electron chi connectivity index (χ3n) is 15.3. The molecule has 0 saturated carbocycles. The van der Waals surface area contributed by atoms with Gasteiger partial charge in [0.05, 0.1) is 85.5 Å². The number of nitrogens with zero attached hydrogens (tertiary/aromatic N) is 8. The van der Waals surface area contributed by atoms with E-state index in [-0.39, 0.29) is 62.9 Å². The maximum absolute atomic E-state index is 14.1. The van der Waals surface area contributed by atoms with Crippen molar-refractivity contribution >= 4 is 51.3 Å². The first-order valence-electron chi connectivity index (χ1n) is 27.3. The number of fused-ring (bicyclic) bond motifs is 2. The Morgan fingerprint density at radius 1 is 0.936 bits per heavy atom. The van der Waals surface area contributed by atoms with Crippen LogP contribution in [0.4, 0.5) is 11.5 Å². The van der Waals surface area contributed by atoms with Gasteiger partial charge in [0.2, 0.25) is 17.7 Å². The summed E-state index contributed by atoms with van der Waals surface area (Å²) in [6.45, 7) is 15.0. The summed E-state index contributed by atoms with van der Waals surface area (Å²) in [6.07, 6.45) is 1.18. The molecule has 0 aliphatic carbocycles. The molecule has 3 aromatic carbocycles. The molecule has 6 heterocycles. The van der Waals surface area contributed by atoms with Gasteiger partial charge in [-0.1, -0.05) is 81.4 Å². The zero-order chi connectivity index (χ0) is 54.9. The van der Waals surface area contributed by atoms with E-state index < -0.39 is 35.4 Å². The van der Waals surface area contributed by atoms with Gasteiger partial charge in [-0.15, -0.1) is 11.3 Å². The summed E-state index contributed by atoms with van der Waals surface area (Å²) in [4.78, 5) is 64.9. The van der Waals surface area contributed by atoms with E-state index in [9.17, 15) is 24.8 Å². The Morgan fingerprint density at radius 2 is 1.72 bits per heavy atom. The molecule has 3 saturated heterocycles. The molecule has 0 radical (unpaired) electrons. The fraction of sp³-hybridized carbons (Fsp3) is 0.534. The van der Waals surface area contributed by atoms with Crippen LogP contribution in [0.2, 0.25) is 0 Å². The second kappa shape index (κ2) is 25.7. The molecule has 19 nitrogen and oxygen atoms in total. The van der Waals surface area contributed by atoms with Gasteiger partial charge in [0.15, 0.2) is 0 Å². The van der Waals surface area contributed by atoms with Gasteiger partial charge >= 0.3 is 6.01 Å². The standard InChI is InChI=1S/C58H75N11O8S/c1-37(39-14-16-41(17-15-39)52-38(2)61-36-78-52)62-55(72)50-29-44(70)31-69(50)56(73)53(58(3,4)5)64-51(71)35-75-25-24-74-26-27-76-45-28-43(66(6)32-45)34-77-57-63-48-33-67(49-13-9-11-40-10-7-8-12-46(40)49)22-19-47(48)54(65-57)68-23-21-60-42(30-68)18-20-59/h7-17,36-37,42-45,50,53,60,70H,18-19,21-35H2,1-6H3,(H,62,72)(H,64,71)/t37-,42-,43-,44+,45+,50-,53+/m0/s1. The minimum Gasteiger partial charge on any atom is -0.462 e. The highest BCUT2D eigenvalue weighted by Gasteiger charge is 2.45. The van der Waals surface area contributed by atoms with Crippen LogP contribution in [0, 0.1) is 23.7 Å². The summed E-state index contributed by atoms with van der Waals surface area (Å²) in [5, 5.41) is 31.9. The Bertz CT molecular complexity index is 2910. The summed E-state index contributed by atoms with van der Waals surface area (Å²) in [7, 11) is 2.07. The molecule has 3 amide bonds. The number of carbonyl (C=O) groups is 3. The number of anilines is 2. The molecule has 416 valence electrons. The van der Waals surface area contributed by atoms with Crippen LogP contribution in [0.3, 0.4) is 0 Å². The molecule has 0 unspecified atom stereocenters. The van der Waals surface area contributed by atoms with E-state index in [0.717, 1.165) is 77.8 Å². The number of nitriles is 1. The van der Waals surface area contributed by atoms with Gasteiger partial charge in [0.1, 0.15) is 31.1 Å². The number of aryl methyl sites for hydroxylation is 1. The zero-order valence-corrected chi connectivity index (χ0v) is 46.6. The number of nitrogens with one attached hydrogen (secondary N) is 3. The van der Waals surface area contributed by atoms with Crippen molar-refractivity contribution < 1.29 is 38.4 Å². The van der Waals surface area contributed by atoms with Crippen molar-refractivity contribution in [3.63, 3.8) is 0 Å². The molecule has 2 aromatic heterocycles. The fourth-order valence-electron chi connectivity index (χ4n) is 11.1. The lowest BCUT2D eigenvalue weighted by molar-refractivity contribution is -0.144. The van der Waals surface area contributed by atoms with E-state index in [2.05, 4.69) is 91.2 Å². The number of aliphatic hydroxyl groups is 1. The topological polar surface area (TPSA) is 220 Å². The average molecular weight is 1090 g/mol. The number of hydrogen-bond donors (Lipinski definition) is 4. The molecule has 3 fully saturated rings. The van der Waals surface area contributed by atoms with Gasteiger partial charge in [-0.05, 0) is 61.7 Å². The smallest absolute Gasteiger partial charge is 0.318 e. The second-order valence-electron chi connectivity index (χ2n) is 22.1. The summed E-state index contributed by atoms with van der Waals surface area (Å²) in [5.74, 6) is -0.393. The largest absolute Gasteiger partial charge is 0.462 e. The molecular formula is C58H75N11O8S. The number of likely N-dealkylation sites (N-methyl/N-ethyl adjacent to an activating group) is 1. The van der Waals surface area contributed by atoms with Crippen LogP contribution in [0.1, 0.15) is 75.5 Å². The average Bonchev–Trinajstić information content (AvgIpc) is 4.25. The summed E-state index contributed by atoms with van der Waals surface area (Å²) in [5.41, 5.74) is 7.31. The molecule has 5 aromatic rings. The maximum atomic E-state index is 14.1. The number of aliphatic hydroxyl groups excluding tert-OH is 1. The molecule has 20 heteroatoms. The molecular weight excluding hydrogens is 1010 g/mol. The van der Waals surface area contributed by atoms with Crippen LogP contribution in [-0.4, -0.2) is 170 Å². The van der Waals surface area contributed by atoms with Crippen LogP contribution in [0.25, 0.3) is 21.2 Å². The molecule has 4 aliphatic rings. The number of aromatic nitrogens is 3. The predicted molar refractivity (Wildman–Crippen MR) is 299 cm³/mol. The van der Waals surface area contributed by atoms with Crippen LogP contribution in [0.5, 0.6) is 6.01 Å². The number of piperazine rings is 1. The summed E-state index contributed by atoms with van der Waals surface area (Å²) in [6, 6.07) is 23.5. The quantitative estimate of drug-likeness (QED) is 0.0695. The fourth-order valence-corrected chi connectivity index (χ4v) is 11.9. The maximum Gasteiger partial charge on any atom is 0.318 e. The molecule has 0 spiro atoms. The van der Waals surface area contributed by atoms with Crippen molar-refractivity contribution in [1.29, 1.82) is 5.26 Å². The highest BCUT2D eigenvalue weighted by Crippen LogP contribution is 2.35. The molecule has 0 bridgehead atoms. The molecule has 9 rings (SSSR count). The Hall–Kier alpha value is -6.31. The number of carbonyl (C=O) groups excluding carboxylic acids is 3. The normalized spacial score (nSPS) is 21.5. The monoisotopic (exact) mass is 1090 g/mol. The molecule has 4 aliphatic heterocycles. The minimum atomic E-state index is -0.978. The van der Waals surface area contributed by atoms with E-state index >= 15 is 0 Å². The van der Waals surface area contributed by atoms with Crippen molar-refractivity contribution in [2.24, 2.45) is 5.41 Å². The first-order valence-corrected chi connectivity index (χ1v) is 28.2. The molecule has 78 heavy (non-hydrogen) atoms. The van der Waals surface area contributed by atoms with Crippen LogP contribution in [0.15, 0.2) is 72.2 Å². The van der Waals surface area contributed by atoms with Crippen molar-refractivity contribution in [3.8, 4) is 22.5 Å². The minimum absolute atomic E-state index is 0.0162. The Labute approximate surface area is 461 Å². The summed E-state index contributed by atoms with van der Waals surface area (Å²) < 4.78 is 24.2. The Balaban J connectivity index is 0.703. The van der Waals surface area contributed by atoms with E-state index in [1.165, 1.54) is 21.4 Å². The van der Waals surface area contributed by atoms with Crippen molar-refractivity contribution in [2.45, 2.75) is 109 Å². The van der Waals surface area contributed by atoms with Crippen molar-refractivity contribution in [2.75, 3.05) is 95.8 Å². The molecule has 4 N–H and O–H groups in total. The number of thiazole rings is 1. The zero-order valence-electron chi connectivity index (χ0n) is 45.8. The first-order chi connectivity index (χ1) is 37.6. The number of likely N-dealkylation sites (tertiary alicyclic amines) is 2. The van der Waals surface area contributed by atoms with E-state index in [4.69, 9.17) is 28.9 Å². The van der Waals surface area contributed by atoms with E-state index in [1.807, 2.05) is 64.4 Å². The first kappa shape index (κ1) is 56.4. The van der Waals surface area contributed by atoms with Gasteiger partial charge in [-0.2, -0.15) is 15.2 Å². The highest BCUT2D eigenvalue weighted by molar-refractivity contribution is 7.13. The van der Waals surface area contributed by atoms with Crippen molar-refractivity contribution in [1.82, 2.24) is 40.7 Å². The predicted octanol–water partition coefficient (Wildman–Crippen LogP) is 5.19. The van der Waals surface area contributed by atoms with Crippen LogP contribution in [-0.2, 0) is 41.6 Å². The Kier molecular flexibility index (Phi) is 18.6. The van der Waals surface area contributed by atoms with E-state index in [0.29, 0.717) is 45.3 Å². The van der Waals surface area contributed by atoms with Crippen LogP contribution >= 0.6 is 11.3 Å². The highest BCUT2D eigenvalue weighted by atomic mass is 32.1. The van der Waals surface area contributed by atoms with Gasteiger partial charge in [0.25, 0.3) is 0 Å². The van der Waals surface area contributed by atoms with E-state index in [1.54, 1.807) is 11.3 Å². The Morgan fingerprint density at radius 3 is 2.50 bits per heavy atom. The lowest BCUT2D eigenvalue weighted by Gasteiger charge is -2.37. The third kappa shape index (κ3) is 13.7. The number of benzene rings is 3. The number of ether oxygens (including phenoxy) is 4. The number of rotatable bonds is 21. The SMILES string of the molecule is Cc1ncsc1-c1ccc([C@H](C)NC(=O)[C@@H]2C[C@@H](O)CN2C(=O)[C@@H](NC(=O)COCCOCCO[C@@H]2C[C@@H](COc3nc4c(c(N5CCN[C@@H](CC#N)C5)n3)CCN(c3cccc5ccccc35)C4)N(C)C2)C(C)(C)C)cc1. The van der Waals surface area contributed by atoms with Gasteiger partial charge < -0.3 is 54.7 Å². The lowest BCUT2D eigenvalue weighted by Crippen LogP contribution is -2.58. The van der Waals surface area contributed by atoms with Crippen molar-refractivity contribution in [3.05, 3.63) is 94.8 Å². The number of hydrogen-bond acceptors (Lipinski definition) is 17.